The number of nitrogens with one attached hydrogen (secondary N) is 1. The second-order valence-electron chi connectivity index (χ2n) is 5.79. The van der Waals surface area contributed by atoms with Crippen LogP contribution < -0.4 is 4.72 Å². The first kappa shape index (κ1) is 15.9. The van der Waals surface area contributed by atoms with Gasteiger partial charge < -0.3 is 5.11 Å². The predicted molar refractivity (Wildman–Crippen MR) is 75.1 cm³/mol. The monoisotopic (exact) mass is 315 g/mol. The summed E-state index contributed by atoms with van der Waals surface area (Å²) in [6.07, 6.45) is 1.87. The molecule has 1 aliphatic rings. The number of sulfonamides is 1. The lowest BCUT2D eigenvalue weighted by Crippen LogP contribution is -2.33. The predicted octanol–water partition coefficient (Wildman–Crippen LogP) is 2.24. The fraction of sp³-hybridized carbons (Fsp3) is 0.500. The highest BCUT2D eigenvalue weighted by Crippen LogP contribution is 2.51. The maximum atomic E-state index is 13.7. The third-order valence-electron chi connectivity index (χ3n) is 4.20. The van der Waals surface area contributed by atoms with Crippen LogP contribution in [0.25, 0.3) is 0 Å². The Labute approximate surface area is 123 Å². The van der Waals surface area contributed by atoms with Crippen molar-refractivity contribution < 1.29 is 22.7 Å². The van der Waals surface area contributed by atoms with Gasteiger partial charge in [0.15, 0.2) is 0 Å². The third-order valence-corrected chi connectivity index (χ3v) is 5.62. The highest BCUT2D eigenvalue weighted by Gasteiger charge is 2.45. The summed E-state index contributed by atoms with van der Waals surface area (Å²) in [7, 11) is -4.06. The Balaban J connectivity index is 2.24. The van der Waals surface area contributed by atoms with Crippen molar-refractivity contribution in [2.24, 2.45) is 11.3 Å². The number of carboxylic acids is 1. The van der Waals surface area contributed by atoms with Crippen LogP contribution in [0.3, 0.4) is 0 Å². The van der Waals surface area contributed by atoms with Gasteiger partial charge in [-0.1, -0.05) is 13.8 Å². The Kier molecular flexibility index (Phi) is 4.08. The third kappa shape index (κ3) is 3.24. The standard InChI is InChI=1S/C14H18FNO4S/c1-9(2)14(5-6-14)8-16-21(19,20)12-7-10(13(17)18)3-4-11(12)15/h3-4,7,9,16H,5-6,8H2,1-2H3,(H,17,18). The Morgan fingerprint density at radius 1 is 1.43 bits per heavy atom. The van der Waals surface area contributed by atoms with E-state index in [1.54, 1.807) is 0 Å². The summed E-state index contributed by atoms with van der Waals surface area (Å²) in [5.74, 6) is -1.93. The van der Waals surface area contributed by atoms with E-state index in [2.05, 4.69) is 4.72 Å². The largest absolute Gasteiger partial charge is 0.478 e. The number of benzene rings is 1. The molecule has 0 spiro atoms. The first-order chi connectivity index (χ1) is 9.68. The van der Waals surface area contributed by atoms with E-state index in [1.807, 2.05) is 13.8 Å². The first-order valence-corrected chi connectivity index (χ1v) is 8.19. The summed E-state index contributed by atoms with van der Waals surface area (Å²) >= 11 is 0. The molecule has 2 N–H and O–H groups in total. The van der Waals surface area contributed by atoms with Gasteiger partial charge in [0.25, 0.3) is 0 Å². The van der Waals surface area contributed by atoms with Crippen molar-refractivity contribution >= 4 is 16.0 Å². The average Bonchev–Trinajstić information content (AvgIpc) is 3.17. The van der Waals surface area contributed by atoms with Crippen LogP contribution in [0.1, 0.15) is 37.0 Å². The van der Waals surface area contributed by atoms with E-state index in [0.29, 0.717) is 5.92 Å². The fourth-order valence-electron chi connectivity index (χ4n) is 2.28. The molecule has 1 aromatic rings. The maximum Gasteiger partial charge on any atom is 0.335 e. The second-order valence-corrected chi connectivity index (χ2v) is 7.53. The Morgan fingerprint density at radius 3 is 2.52 bits per heavy atom. The molecule has 1 saturated carbocycles. The zero-order valence-corrected chi connectivity index (χ0v) is 12.7. The average molecular weight is 315 g/mol. The van der Waals surface area contributed by atoms with Crippen molar-refractivity contribution in [3.8, 4) is 0 Å². The van der Waals surface area contributed by atoms with Gasteiger partial charge in [0.2, 0.25) is 10.0 Å². The smallest absolute Gasteiger partial charge is 0.335 e. The van der Waals surface area contributed by atoms with Crippen molar-refractivity contribution in [3.05, 3.63) is 29.6 Å². The molecule has 0 heterocycles. The van der Waals surface area contributed by atoms with Gasteiger partial charge in [0.05, 0.1) is 5.56 Å². The molecule has 0 amide bonds. The van der Waals surface area contributed by atoms with E-state index in [4.69, 9.17) is 5.11 Å². The fourth-order valence-corrected chi connectivity index (χ4v) is 3.52. The van der Waals surface area contributed by atoms with Crippen LogP contribution in [-0.4, -0.2) is 26.0 Å². The number of carbonyl (C=O) groups is 1. The van der Waals surface area contributed by atoms with Crippen LogP contribution in [0.5, 0.6) is 0 Å². The zero-order valence-electron chi connectivity index (χ0n) is 11.9. The molecule has 0 bridgehead atoms. The van der Waals surface area contributed by atoms with Gasteiger partial charge in [0.1, 0.15) is 10.7 Å². The minimum Gasteiger partial charge on any atom is -0.478 e. The summed E-state index contributed by atoms with van der Waals surface area (Å²) < 4.78 is 40.5. The minimum absolute atomic E-state index is 0.0616. The molecule has 0 radical (unpaired) electrons. The van der Waals surface area contributed by atoms with E-state index in [-0.39, 0.29) is 17.5 Å². The minimum atomic E-state index is -4.06. The van der Waals surface area contributed by atoms with Gasteiger partial charge >= 0.3 is 5.97 Å². The molecule has 1 aromatic carbocycles. The Bertz CT molecular complexity index is 666. The Hall–Kier alpha value is -1.47. The quantitative estimate of drug-likeness (QED) is 0.843. The van der Waals surface area contributed by atoms with E-state index < -0.39 is 26.7 Å². The first-order valence-electron chi connectivity index (χ1n) is 6.70. The van der Waals surface area contributed by atoms with Gasteiger partial charge in [0, 0.05) is 6.54 Å². The molecule has 2 rings (SSSR count). The molecule has 1 fully saturated rings. The topological polar surface area (TPSA) is 83.5 Å². The number of rotatable bonds is 6. The van der Waals surface area contributed by atoms with Gasteiger partial charge in [-0.05, 0) is 42.4 Å². The van der Waals surface area contributed by atoms with Gasteiger partial charge in [-0.15, -0.1) is 0 Å². The van der Waals surface area contributed by atoms with Gasteiger partial charge in [-0.25, -0.2) is 22.3 Å². The molecule has 0 atom stereocenters. The summed E-state index contributed by atoms with van der Waals surface area (Å²) in [6, 6.07) is 2.73. The van der Waals surface area contributed by atoms with E-state index in [9.17, 15) is 17.6 Å². The lowest BCUT2D eigenvalue weighted by atomic mass is 9.93. The molecule has 1 aliphatic carbocycles. The van der Waals surface area contributed by atoms with Crippen LogP contribution in [0.4, 0.5) is 4.39 Å². The van der Waals surface area contributed by atoms with Gasteiger partial charge in [-0.2, -0.15) is 0 Å². The summed E-state index contributed by atoms with van der Waals surface area (Å²) in [5.41, 5.74) is -0.324. The van der Waals surface area contributed by atoms with Crippen LogP contribution >= 0.6 is 0 Å². The molecule has 0 aliphatic heterocycles. The zero-order chi connectivity index (χ0) is 15.8. The summed E-state index contributed by atoms with van der Waals surface area (Å²) in [4.78, 5) is 10.2. The molecule has 0 aromatic heterocycles. The van der Waals surface area contributed by atoms with Crippen molar-refractivity contribution in [1.82, 2.24) is 4.72 Å². The Morgan fingerprint density at radius 2 is 2.05 bits per heavy atom. The lowest BCUT2D eigenvalue weighted by molar-refractivity contribution is 0.0696. The lowest BCUT2D eigenvalue weighted by Gasteiger charge is -2.20. The number of halogens is 1. The SMILES string of the molecule is CC(C)C1(CNS(=O)(=O)c2cc(C(=O)O)ccc2F)CC1. The van der Waals surface area contributed by atoms with Crippen molar-refractivity contribution in [1.29, 1.82) is 0 Å². The van der Waals surface area contributed by atoms with Crippen molar-refractivity contribution in [2.75, 3.05) is 6.54 Å². The summed E-state index contributed by atoms with van der Waals surface area (Å²) in [5, 5.41) is 8.87. The number of hydrogen-bond acceptors (Lipinski definition) is 3. The molecule has 116 valence electrons. The van der Waals surface area contributed by atoms with Gasteiger partial charge in [-0.3, -0.25) is 0 Å². The van der Waals surface area contributed by atoms with Crippen molar-refractivity contribution in [2.45, 2.75) is 31.6 Å². The number of hydrogen-bond donors (Lipinski definition) is 2. The molecular weight excluding hydrogens is 297 g/mol. The molecule has 7 heteroatoms. The highest BCUT2D eigenvalue weighted by molar-refractivity contribution is 7.89. The van der Waals surface area contributed by atoms with E-state index >= 15 is 0 Å². The number of aromatic carboxylic acids is 1. The molecule has 21 heavy (non-hydrogen) atoms. The molecule has 5 nitrogen and oxygen atoms in total. The van der Waals surface area contributed by atoms with E-state index in [1.165, 1.54) is 0 Å². The molecule has 0 unspecified atom stereocenters. The molecule has 0 saturated heterocycles. The normalized spacial score (nSPS) is 17.0. The van der Waals surface area contributed by atoms with E-state index in [0.717, 1.165) is 31.0 Å². The summed E-state index contributed by atoms with van der Waals surface area (Å²) in [6.45, 7) is 4.28. The number of carboxylic acid groups (broad SMARTS) is 1. The van der Waals surface area contributed by atoms with Crippen LogP contribution in [0.2, 0.25) is 0 Å². The van der Waals surface area contributed by atoms with Crippen LogP contribution in [0, 0.1) is 17.2 Å². The van der Waals surface area contributed by atoms with Crippen molar-refractivity contribution in [3.63, 3.8) is 0 Å². The second kappa shape index (κ2) is 5.38. The van der Waals surface area contributed by atoms with Crippen LogP contribution in [0.15, 0.2) is 23.1 Å². The maximum absolute atomic E-state index is 13.7. The van der Waals surface area contributed by atoms with Crippen LogP contribution in [-0.2, 0) is 10.0 Å². The highest BCUT2D eigenvalue weighted by atomic mass is 32.2. The molecular formula is C14H18FNO4S.